The summed E-state index contributed by atoms with van der Waals surface area (Å²) in [6.45, 7) is 2.23. The van der Waals surface area contributed by atoms with E-state index in [1.165, 1.54) is 51.4 Å². The summed E-state index contributed by atoms with van der Waals surface area (Å²) in [4.78, 5) is 11.6. The maximum atomic E-state index is 4.71. The van der Waals surface area contributed by atoms with Gasteiger partial charge in [0, 0.05) is 13.1 Å². The van der Waals surface area contributed by atoms with Crippen molar-refractivity contribution in [3.05, 3.63) is 24.5 Å². The summed E-state index contributed by atoms with van der Waals surface area (Å²) < 4.78 is 0. The maximum absolute atomic E-state index is 4.71. The molecule has 25 heavy (non-hydrogen) atoms. The molecule has 0 amide bonds. The van der Waals surface area contributed by atoms with E-state index >= 15 is 0 Å². The van der Waals surface area contributed by atoms with E-state index in [9.17, 15) is 0 Å². The fraction of sp³-hybridized carbons (Fsp3) is 0.650. The minimum absolute atomic E-state index is 0.599. The average Bonchev–Trinajstić information content (AvgIpc) is 3.20. The topological polar surface area (TPSA) is 57.7 Å². The molecular weight excluding hydrogens is 310 g/mol. The molecule has 1 spiro atoms. The monoisotopic (exact) mass is 337 g/mol. The molecular formula is C20H27N5. The largest absolute Gasteiger partial charge is 0.355 e. The number of hydrogen-bond acceptors (Lipinski definition) is 4. The lowest BCUT2D eigenvalue weighted by atomic mass is 9.76. The van der Waals surface area contributed by atoms with Crippen molar-refractivity contribution in [2.45, 2.75) is 51.4 Å². The van der Waals surface area contributed by atoms with E-state index in [-0.39, 0.29) is 0 Å². The molecule has 5 rings (SSSR count). The van der Waals surface area contributed by atoms with Crippen molar-refractivity contribution in [1.29, 1.82) is 0 Å². The Labute approximate surface area is 148 Å². The van der Waals surface area contributed by atoms with Gasteiger partial charge in [-0.05, 0) is 68.6 Å². The zero-order chi connectivity index (χ0) is 16.7. The maximum Gasteiger partial charge on any atom is 0.176 e. The van der Waals surface area contributed by atoms with Crippen LogP contribution >= 0.6 is 0 Å². The Morgan fingerprint density at radius 3 is 2.44 bits per heavy atom. The normalized spacial score (nSPS) is 30.2. The molecule has 132 valence electrons. The highest BCUT2D eigenvalue weighted by molar-refractivity contribution is 5.70. The third-order valence-corrected chi connectivity index (χ3v) is 6.93. The van der Waals surface area contributed by atoms with Crippen LogP contribution in [0, 0.1) is 17.3 Å². The summed E-state index contributed by atoms with van der Waals surface area (Å²) in [5.41, 5.74) is 2.24. The van der Waals surface area contributed by atoms with Gasteiger partial charge in [0.05, 0.1) is 12.4 Å². The van der Waals surface area contributed by atoms with E-state index in [4.69, 9.17) is 4.98 Å². The van der Waals surface area contributed by atoms with Crippen LogP contribution in [0.2, 0.25) is 0 Å². The van der Waals surface area contributed by atoms with Crippen molar-refractivity contribution in [3.8, 4) is 0 Å². The number of nitrogens with one attached hydrogen (secondary N) is 1. The van der Waals surface area contributed by atoms with Crippen LogP contribution in [-0.2, 0) is 0 Å². The first-order valence-corrected chi connectivity index (χ1v) is 9.87. The first kappa shape index (κ1) is 15.4. The van der Waals surface area contributed by atoms with Crippen LogP contribution in [0.25, 0.3) is 11.2 Å². The second kappa shape index (κ2) is 6.11. The highest BCUT2D eigenvalue weighted by Gasteiger charge is 2.45. The summed E-state index contributed by atoms with van der Waals surface area (Å²) in [7, 11) is 0. The number of fused-ring (bicyclic) bond motifs is 2. The van der Waals surface area contributed by atoms with Crippen molar-refractivity contribution < 1.29 is 0 Å². The van der Waals surface area contributed by atoms with Crippen LogP contribution in [0.3, 0.4) is 0 Å². The first-order chi connectivity index (χ1) is 12.3. The number of H-pyrrole nitrogens is 1. The fourth-order valence-corrected chi connectivity index (χ4v) is 5.55. The van der Waals surface area contributed by atoms with E-state index in [1.807, 2.05) is 6.20 Å². The van der Waals surface area contributed by atoms with Crippen LogP contribution < -0.4 is 4.90 Å². The third-order valence-electron chi connectivity index (χ3n) is 6.93. The Morgan fingerprint density at radius 1 is 1.00 bits per heavy atom. The second-order valence-electron chi connectivity index (χ2n) is 8.37. The van der Waals surface area contributed by atoms with Gasteiger partial charge in [-0.2, -0.15) is 5.10 Å². The Bertz CT molecular complexity index is 751. The molecule has 1 saturated heterocycles. The van der Waals surface area contributed by atoms with Crippen molar-refractivity contribution in [2.24, 2.45) is 17.3 Å². The van der Waals surface area contributed by atoms with Gasteiger partial charge in [0.25, 0.3) is 0 Å². The van der Waals surface area contributed by atoms with E-state index in [1.54, 1.807) is 6.20 Å². The molecule has 0 aromatic carbocycles. The zero-order valence-electron chi connectivity index (χ0n) is 14.8. The Morgan fingerprint density at radius 2 is 1.72 bits per heavy atom. The lowest BCUT2D eigenvalue weighted by molar-refractivity contribution is 0.212. The second-order valence-corrected chi connectivity index (χ2v) is 8.37. The molecule has 2 aliphatic carbocycles. The van der Waals surface area contributed by atoms with E-state index in [2.05, 4.69) is 32.2 Å². The van der Waals surface area contributed by atoms with E-state index in [0.29, 0.717) is 5.41 Å². The lowest BCUT2D eigenvalue weighted by Crippen LogP contribution is -2.39. The summed E-state index contributed by atoms with van der Waals surface area (Å²) in [6.07, 6.45) is 19.4. The van der Waals surface area contributed by atoms with E-state index < -0.39 is 0 Å². The number of aromatic nitrogens is 4. The number of allylic oxidation sites excluding steroid dienone is 2. The molecule has 2 fully saturated rings. The van der Waals surface area contributed by atoms with Gasteiger partial charge >= 0.3 is 0 Å². The van der Waals surface area contributed by atoms with Crippen LogP contribution in [0.15, 0.2) is 24.5 Å². The number of aromatic amines is 1. The minimum atomic E-state index is 0.599. The molecule has 3 aliphatic rings. The molecule has 3 heterocycles. The number of anilines is 1. The van der Waals surface area contributed by atoms with Gasteiger partial charge in [-0.15, -0.1) is 0 Å². The molecule has 1 saturated carbocycles. The Balaban J connectivity index is 1.28. The van der Waals surface area contributed by atoms with Crippen molar-refractivity contribution in [1.82, 2.24) is 20.2 Å². The Kier molecular flexibility index (Phi) is 3.75. The lowest BCUT2D eigenvalue weighted by Gasteiger charge is -2.40. The number of rotatable bonds is 1. The van der Waals surface area contributed by atoms with Gasteiger partial charge in [-0.3, -0.25) is 5.10 Å². The predicted octanol–water partition coefficient (Wildman–Crippen LogP) is 4.10. The van der Waals surface area contributed by atoms with Gasteiger partial charge in [0.15, 0.2) is 5.65 Å². The fourth-order valence-electron chi connectivity index (χ4n) is 5.55. The molecule has 2 aromatic heterocycles. The summed E-state index contributed by atoms with van der Waals surface area (Å²) in [5.74, 6) is 2.94. The van der Waals surface area contributed by atoms with Gasteiger partial charge in [-0.1, -0.05) is 12.2 Å². The molecule has 5 nitrogen and oxygen atoms in total. The van der Waals surface area contributed by atoms with Crippen LogP contribution in [-0.4, -0.2) is 33.3 Å². The van der Waals surface area contributed by atoms with Crippen molar-refractivity contribution >= 4 is 17.0 Å². The smallest absolute Gasteiger partial charge is 0.176 e. The molecule has 0 bridgehead atoms. The SMILES string of the molecule is C1=C\CCC2CC3(CCN(c4cnc5cn[nH]c5n4)CC3)CC2CC/1. The summed E-state index contributed by atoms with van der Waals surface area (Å²) >= 11 is 0. The van der Waals surface area contributed by atoms with Crippen LogP contribution in [0.5, 0.6) is 0 Å². The number of hydrogen-bond donors (Lipinski definition) is 1. The molecule has 1 N–H and O–H groups in total. The van der Waals surface area contributed by atoms with Crippen molar-refractivity contribution in [3.63, 3.8) is 0 Å². The molecule has 5 heteroatoms. The van der Waals surface area contributed by atoms with E-state index in [0.717, 1.165) is 41.9 Å². The number of piperidine rings is 1. The summed E-state index contributed by atoms with van der Waals surface area (Å²) in [6, 6.07) is 0. The highest BCUT2D eigenvalue weighted by Crippen LogP contribution is 2.54. The average molecular weight is 337 g/mol. The van der Waals surface area contributed by atoms with Gasteiger partial charge < -0.3 is 4.90 Å². The molecule has 2 unspecified atom stereocenters. The van der Waals surface area contributed by atoms with Gasteiger partial charge in [0.1, 0.15) is 11.3 Å². The number of nitrogens with zero attached hydrogens (tertiary/aromatic N) is 4. The minimum Gasteiger partial charge on any atom is -0.355 e. The molecule has 2 atom stereocenters. The Hall–Kier alpha value is -1.91. The first-order valence-electron chi connectivity index (χ1n) is 9.87. The van der Waals surface area contributed by atoms with Gasteiger partial charge in [0.2, 0.25) is 0 Å². The van der Waals surface area contributed by atoms with Crippen molar-refractivity contribution in [2.75, 3.05) is 18.0 Å². The highest BCUT2D eigenvalue weighted by atomic mass is 15.2. The third kappa shape index (κ3) is 2.83. The predicted molar refractivity (Wildman–Crippen MR) is 99.4 cm³/mol. The molecule has 2 aromatic rings. The molecule has 0 radical (unpaired) electrons. The zero-order valence-corrected chi connectivity index (χ0v) is 14.8. The quantitative estimate of drug-likeness (QED) is 0.796. The standard InChI is InChI=1S/C20H27N5/c1-2-4-6-16-12-20(11-15(16)5-3-1)7-9-25(10-8-20)18-14-21-17-13-22-24-19(17)23-18/h1-2,13-16H,3-12H2,(H,22,23,24)/b2-1-. The summed E-state index contributed by atoms with van der Waals surface area (Å²) in [5, 5.41) is 6.97. The van der Waals surface area contributed by atoms with Gasteiger partial charge in [-0.25, -0.2) is 9.97 Å². The van der Waals surface area contributed by atoms with Crippen LogP contribution in [0.1, 0.15) is 51.4 Å². The van der Waals surface area contributed by atoms with Crippen LogP contribution in [0.4, 0.5) is 5.82 Å². The molecule has 1 aliphatic heterocycles.